The van der Waals surface area contributed by atoms with Crippen LogP contribution in [0.2, 0.25) is 0 Å². The van der Waals surface area contributed by atoms with E-state index in [1.165, 1.54) is 11.8 Å². The minimum atomic E-state index is 0.0950. The molecule has 0 N–H and O–H groups in total. The Morgan fingerprint density at radius 1 is 1.10 bits per heavy atom. The number of furan rings is 1. The van der Waals surface area contributed by atoms with Crippen LogP contribution in [0.25, 0.3) is 17.3 Å². The summed E-state index contributed by atoms with van der Waals surface area (Å²) in [6.45, 7) is 7.13. The predicted molar refractivity (Wildman–Crippen MR) is 118 cm³/mol. The molecule has 0 aliphatic rings. The SMILES string of the molecule is CCCn1c(C)cc(C(=O)CSc2nnc(-c3ccco3)n2-c2ccccc2)c1C. The fraction of sp³-hybridized carbons (Fsp3) is 0.261. The van der Waals surface area contributed by atoms with Gasteiger partial charge < -0.3 is 8.98 Å². The molecule has 0 fully saturated rings. The van der Waals surface area contributed by atoms with Crippen LogP contribution in [0.15, 0.2) is 64.4 Å². The monoisotopic (exact) mass is 420 g/mol. The first-order valence-corrected chi connectivity index (χ1v) is 11.0. The van der Waals surface area contributed by atoms with E-state index in [4.69, 9.17) is 4.42 Å². The van der Waals surface area contributed by atoms with Crippen LogP contribution in [0.5, 0.6) is 0 Å². The Morgan fingerprint density at radius 3 is 2.60 bits per heavy atom. The van der Waals surface area contributed by atoms with Crippen molar-refractivity contribution in [3.63, 3.8) is 0 Å². The minimum absolute atomic E-state index is 0.0950. The zero-order valence-electron chi connectivity index (χ0n) is 17.3. The van der Waals surface area contributed by atoms with Crippen LogP contribution in [-0.2, 0) is 6.54 Å². The third kappa shape index (κ3) is 3.85. The lowest BCUT2D eigenvalue weighted by Gasteiger charge is -2.09. The molecular formula is C23H24N4O2S. The van der Waals surface area contributed by atoms with E-state index in [1.54, 1.807) is 6.26 Å². The first-order chi connectivity index (χ1) is 14.6. The average molecular weight is 421 g/mol. The molecular weight excluding hydrogens is 396 g/mol. The van der Waals surface area contributed by atoms with Crippen LogP contribution in [0.3, 0.4) is 0 Å². The van der Waals surface area contributed by atoms with E-state index in [0.717, 1.165) is 35.6 Å². The number of aromatic nitrogens is 4. The van der Waals surface area contributed by atoms with E-state index in [1.807, 2.05) is 66.9 Å². The van der Waals surface area contributed by atoms with Crippen LogP contribution in [0.4, 0.5) is 0 Å². The second kappa shape index (κ2) is 8.75. The fourth-order valence-corrected chi connectivity index (χ4v) is 4.43. The van der Waals surface area contributed by atoms with Crippen molar-refractivity contribution in [2.24, 2.45) is 0 Å². The molecule has 0 radical (unpaired) electrons. The Labute approximate surface area is 179 Å². The molecule has 154 valence electrons. The van der Waals surface area contributed by atoms with Crippen LogP contribution < -0.4 is 0 Å². The van der Waals surface area contributed by atoms with Gasteiger partial charge in [0.2, 0.25) is 5.82 Å². The van der Waals surface area contributed by atoms with Crippen molar-refractivity contribution >= 4 is 17.5 Å². The van der Waals surface area contributed by atoms with Crippen molar-refractivity contribution in [1.29, 1.82) is 0 Å². The first-order valence-electron chi connectivity index (χ1n) is 9.97. The van der Waals surface area contributed by atoms with Gasteiger partial charge in [0.05, 0.1) is 12.0 Å². The third-order valence-electron chi connectivity index (χ3n) is 5.04. The number of ketones is 1. The number of carbonyl (C=O) groups excluding carboxylic acids is 1. The molecule has 0 bridgehead atoms. The highest BCUT2D eigenvalue weighted by atomic mass is 32.2. The number of aryl methyl sites for hydroxylation is 1. The van der Waals surface area contributed by atoms with E-state index in [0.29, 0.717) is 22.5 Å². The zero-order valence-corrected chi connectivity index (χ0v) is 18.1. The molecule has 30 heavy (non-hydrogen) atoms. The largest absolute Gasteiger partial charge is 0.461 e. The number of hydrogen-bond donors (Lipinski definition) is 0. The molecule has 0 aliphatic heterocycles. The van der Waals surface area contributed by atoms with Gasteiger partial charge in [0.15, 0.2) is 16.7 Å². The van der Waals surface area contributed by atoms with Gasteiger partial charge >= 0.3 is 0 Å². The molecule has 0 spiro atoms. The van der Waals surface area contributed by atoms with Gasteiger partial charge in [-0.25, -0.2) is 0 Å². The molecule has 3 aromatic heterocycles. The number of para-hydroxylation sites is 1. The summed E-state index contributed by atoms with van der Waals surface area (Å²) in [5, 5.41) is 9.33. The third-order valence-corrected chi connectivity index (χ3v) is 5.97. The van der Waals surface area contributed by atoms with Crippen LogP contribution in [0, 0.1) is 13.8 Å². The second-order valence-electron chi connectivity index (χ2n) is 7.10. The van der Waals surface area contributed by atoms with Gasteiger partial charge in [0, 0.05) is 29.2 Å². The topological polar surface area (TPSA) is 65.8 Å². The van der Waals surface area contributed by atoms with Crippen molar-refractivity contribution in [2.45, 2.75) is 38.9 Å². The lowest BCUT2D eigenvalue weighted by Crippen LogP contribution is -2.07. The standard InChI is InChI=1S/C23H24N4O2S/c1-4-12-26-16(2)14-19(17(26)3)20(28)15-30-23-25-24-22(21-11-8-13-29-21)27(23)18-9-6-5-7-10-18/h5-11,13-14H,4,12,15H2,1-3H3. The summed E-state index contributed by atoms with van der Waals surface area (Å²) in [5.41, 5.74) is 3.85. The number of carbonyl (C=O) groups is 1. The number of nitrogens with zero attached hydrogens (tertiary/aromatic N) is 4. The maximum atomic E-state index is 13.0. The molecule has 6 nitrogen and oxygen atoms in total. The van der Waals surface area contributed by atoms with E-state index in [-0.39, 0.29) is 5.78 Å². The number of rotatable bonds is 8. The van der Waals surface area contributed by atoms with E-state index >= 15 is 0 Å². The minimum Gasteiger partial charge on any atom is -0.461 e. The summed E-state index contributed by atoms with van der Waals surface area (Å²) >= 11 is 1.39. The van der Waals surface area contributed by atoms with E-state index in [2.05, 4.69) is 21.7 Å². The second-order valence-corrected chi connectivity index (χ2v) is 8.05. The molecule has 0 unspecified atom stereocenters. The van der Waals surface area contributed by atoms with Crippen molar-refractivity contribution in [3.05, 3.63) is 71.7 Å². The van der Waals surface area contributed by atoms with Gasteiger partial charge in [-0.15, -0.1) is 10.2 Å². The maximum Gasteiger partial charge on any atom is 0.205 e. The van der Waals surface area contributed by atoms with E-state index < -0.39 is 0 Å². The molecule has 3 heterocycles. The maximum absolute atomic E-state index is 13.0. The molecule has 7 heteroatoms. The van der Waals surface area contributed by atoms with Gasteiger partial charge in [0.1, 0.15) is 0 Å². The van der Waals surface area contributed by atoms with Gasteiger partial charge in [-0.2, -0.15) is 0 Å². The summed E-state index contributed by atoms with van der Waals surface area (Å²) in [4.78, 5) is 13.0. The number of thioether (sulfide) groups is 1. The van der Waals surface area contributed by atoms with Crippen molar-refractivity contribution in [1.82, 2.24) is 19.3 Å². The van der Waals surface area contributed by atoms with Crippen LogP contribution in [0.1, 0.15) is 35.1 Å². The highest BCUT2D eigenvalue weighted by molar-refractivity contribution is 7.99. The summed E-state index contributed by atoms with van der Waals surface area (Å²) in [6.07, 6.45) is 2.65. The number of hydrogen-bond acceptors (Lipinski definition) is 5. The number of Topliss-reactive ketones (excluding diaryl/α,β-unsaturated/α-hetero) is 1. The Morgan fingerprint density at radius 2 is 1.90 bits per heavy atom. The van der Waals surface area contributed by atoms with Gasteiger partial charge in [-0.3, -0.25) is 9.36 Å². The Bertz CT molecular complexity index is 1140. The summed E-state index contributed by atoms with van der Waals surface area (Å²) < 4.78 is 9.68. The Kier molecular flexibility index (Phi) is 5.90. The molecule has 0 saturated carbocycles. The van der Waals surface area contributed by atoms with Crippen LogP contribution in [-0.4, -0.2) is 30.9 Å². The summed E-state index contributed by atoms with van der Waals surface area (Å²) in [6, 6.07) is 15.5. The van der Waals surface area contributed by atoms with Gasteiger partial charge in [-0.1, -0.05) is 36.9 Å². The molecule has 0 saturated heterocycles. The highest BCUT2D eigenvalue weighted by Crippen LogP contribution is 2.29. The van der Waals surface area contributed by atoms with Gasteiger partial charge in [0.25, 0.3) is 0 Å². The zero-order chi connectivity index (χ0) is 21.1. The molecule has 0 atom stereocenters. The first kappa shape index (κ1) is 20.2. The van der Waals surface area contributed by atoms with Crippen molar-refractivity contribution in [2.75, 3.05) is 5.75 Å². The summed E-state index contributed by atoms with van der Waals surface area (Å²) in [5.74, 6) is 1.63. The molecule has 0 amide bonds. The predicted octanol–water partition coefficient (Wildman–Crippen LogP) is 5.33. The Hall–Kier alpha value is -3.06. The highest BCUT2D eigenvalue weighted by Gasteiger charge is 2.21. The quantitative estimate of drug-likeness (QED) is 0.285. The normalized spacial score (nSPS) is 11.2. The molecule has 4 aromatic rings. The number of benzene rings is 1. The summed E-state index contributed by atoms with van der Waals surface area (Å²) in [7, 11) is 0. The smallest absolute Gasteiger partial charge is 0.205 e. The van der Waals surface area contributed by atoms with E-state index in [9.17, 15) is 4.79 Å². The van der Waals surface area contributed by atoms with Crippen LogP contribution >= 0.6 is 11.8 Å². The van der Waals surface area contributed by atoms with Crippen molar-refractivity contribution < 1.29 is 9.21 Å². The lowest BCUT2D eigenvalue weighted by molar-refractivity contribution is 0.102. The average Bonchev–Trinajstić information content (AvgIpc) is 3.48. The van der Waals surface area contributed by atoms with Crippen molar-refractivity contribution in [3.8, 4) is 17.3 Å². The molecule has 4 rings (SSSR count). The Balaban J connectivity index is 1.62. The fourth-order valence-electron chi connectivity index (χ4n) is 3.60. The van der Waals surface area contributed by atoms with Gasteiger partial charge in [-0.05, 0) is 50.6 Å². The molecule has 1 aromatic carbocycles. The molecule has 0 aliphatic carbocycles. The lowest BCUT2D eigenvalue weighted by atomic mass is 10.2.